The minimum atomic E-state index is -1.99. The summed E-state index contributed by atoms with van der Waals surface area (Å²) in [6.07, 6.45) is -1.99. The van der Waals surface area contributed by atoms with Gasteiger partial charge < -0.3 is 0 Å². The van der Waals surface area contributed by atoms with Crippen molar-refractivity contribution in [2.24, 2.45) is 5.41 Å². The van der Waals surface area contributed by atoms with Crippen LogP contribution in [-0.4, -0.2) is 21.1 Å². The van der Waals surface area contributed by atoms with Gasteiger partial charge in [0.2, 0.25) is 0 Å². The Balaban J connectivity index is 1.06. The molecule has 8 heteroatoms. The normalized spacial score (nSPS) is 15.2. The Hall–Kier alpha value is -8.25. The Bertz CT molecular complexity index is 4790. The number of ether oxygens (including phenoxy) is 1. The molecule has 0 atom stereocenters. The number of benzene rings is 9. The van der Waals surface area contributed by atoms with Gasteiger partial charge >= 0.3 is 397 Å². The van der Waals surface area contributed by atoms with Gasteiger partial charge in [0.05, 0.1) is 1.37 Å². The van der Waals surface area contributed by atoms with E-state index in [1.807, 2.05) is 133 Å². The van der Waals surface area contributed by atoms with E-state index in [9.17, 15) is 8.22 Å². The fraction of sp³-hybridized carbons (Fsp3) is 0.130. The van der Waals surface area contributed by atoms with Crippen LogP contribution in [0.3, 0.4) is 0 Å². The maximum atomic E-state index is 9.64. The Labute approximate surface area is 479 Å². The number of nitrogens with zero attached hydrogens (tertiary/aromatic N) is 5. The molecule has 2 aromatic heterocycles. The molecule has 0 spiro atoms. The molecular formula is C69H56BN5OPt-2. The van der Waals surface area contributed by atoms with Crippen LogP contribution in [0.5, 0.6) is 11.6 Å². The average molecular weight is 1190 g/mol. The summed E-state index contributed by atoms with van der Waals surface area (Å²) in [5.41, 5.74) is 8.52. The Kier molecular flexibility index (Phi) is 9.10. The van der Waals surface area contributed by atoms with E-state index in [4.69, 9.17) is 17.9 Å². The van der Waals surface area contributed by atoms with Gasteiger partial charge in [0.25, 0.3) is 0 Å². The van der Waals surface area contributed by atoms with Gasteiger partial charge in [-0.05, 0) is 11.6 Å². The van der Waals surface area contributed by atoms with Gasteiger partial charge in [0.15, 0.2) is 0 Å². The molecule has 0 saturated heterocycles. The van der Waals surface area contributed by atoms with Gasteiger partial charge in [-0.15, -0.1) is 6.07 Å². The SMILES string of the molecule is [2H]c1c([2H])c([2H])c(-c2cc(C([2H])([2H])C(C)(C)C)cc(-c3ccccc3)c2-n2[c](=[Pt])n(-c3[c-]c(Oc4nc(N5B6c7ccccc7-c7ccccc7N6c6ccc[c-]c65)cc(C(C)(C)C)c4-c4c([2H])c([2H])c([2H])c([2H])c4[2H])ccc3)c3ccccc32)c([2H])c1[2H]. The van der Waals surface area contributed by atoms with Crippen molar-refractivity contribution < 1.29 is 40.5 Å². The van der Waals surface area contributed by atoms with E-state index in [1.54, 1.807) is 45.0 Å². The first-order valence-corrected chi connectivity index (χ1v) is 26.6. The van der Waals surface area contributed by atoms with Crippen LogP contribution in [0.25, 0.3) is 66.9 Å². The number of rotatable bonds is 9. The van der Waals surface area contributed by atoms with Gasteiger partial charge in [0.1, 0.15) is 0 Å². The van der Waals surface area contributed by atoms with Gasteiger partial charge in [-0.25, -0.2) is 0 Å². The molecule has 0 N–H and O–H groups in total. The summed E-state index contributed by atoms with van der Waals surface area (Å²) in [5.74, 6) is 0.556. The first-order chi connectivity index (χ1) is 42.3. The van der Waals surface area contributed by atoms with Crippen molar-refractivity contribution >= 4 is 46.4 Å². The van der Waals surface area contributed by atoms with Crippen molar-refractivity contribution in [3.05, 3.63) is 245 Å². The van der Waals surface area contributed by atoms with Crippen LogP contribution in [-0.2, 0) is 31.1 Å². The third-order valence-electron chi connectivity index (χ3n) is 13.9. The maximum absolute atomic E-state index is 9.64. The minimum absolute atomic E-state index is 0.0481. The standard InChI is InChI=1S/C69H56BN5O.Pt/c1-68(2,3)45-47-41-55(48-25-10-7-11-26-48)66(56(42-47)49-27-12-8-13-28-49)73-46-72(60-37-20-21-38-61(60)73)51-31-24-32-52(43-51)76-67-65(50-29-14-9-15-30-50)57(69(4,5)6)44-64(71-67)75-63-40-23-22-39-62(63)74-59-36-19-17-34-54(59)53-33-16-18-35-58(53)70(74)75;/h7-39,41-42,44H,45H2,1-6H3;/q-2;/i7D,9D,10D,11D,14D,15D,25D,26D,29D,30D,45D2;. The third-order valence-corrected chi connectivity index (χ3v) is 14.9. The number of fused-ring (bicyclic) bond motifs is 9. The van der Waals surface area contributed by atoms with Crippen LogP contribution >= 0.6 is 0 Å². The molecule has 0 radical (unpaired) electrons. The van der Waals surface area contributed by atoms with E-state index in [-0.39, 0.29) is 39.4 Å². The summed E-state index contributed by atoms with van der Waals surface area (Å²) in [5, 5.41) is 0. The summed E-state index contributed by atoms with van der Waals surface area (Å²) in [6, 6.07) is 52.3. The Morgan fingerprint density at radius 2 is 1.25 bits per heavy atom. The molecule has 378 valence electrons. The number of aromatic nitrogens is 3. The Morgan fingerprint density at radius 1 is 0.610 bits per heavy atom. The molecular weight excluding hydrogens is 1120 g/mol. The van der Waals surface area contributed by atoms with E-state index < -0.39 is 84.6 Å². The number of hydrogen-bond acceptors (Lipinski definition) is 4. The molecule has 13 rings (SSSR count). The molecule has 2 aliphatic rings. The molecule has 77 heavy (non-hydrogen) atoms. The van der Waals surface area contributed by atoms with E-state index in [1.165, 1.54) is 0 Å². The molecule has 4 heterocycles. The molecule has 0 bridgehead atoms. The molecule has 6 nitrogen and oxygen atoms in total. The van der Waals surface area contributed by atoms with E-state index in [0.29, 0.717) is 48.7 Å². The molecule has 0 fully saturated rings. The third kappa shape index (κ3) is 8.58. The molecule has 9 aromatic carbocycles. The van der Waals surface area contributed by atoms with E-state index in [2.05, 4.69) is 71.4 Å². The summed E-state index contributed by atoms with van der Waals surface area (Å²) in [6.45, 7) is 10.9. The van der Waals surface area contributed by atoms with Gasteiger partial charge in [-0.1, -0.05) is 42.5 Å². The van der Waals surface area contributed by atoms with Crippen molar-refractivity contribution in [3.63, 3.8) is 0 Å². The first kappa shape index (κ1) is 36.7. The zero-order valence-corrected chi connectivity index (χ0v) is 45.3. The van der Waals surface area contributed by atoms with Gasteiger partial charge in [-0.2, -0.15) is 12.1 Å². The molecule has 11 aromatic rings. The molecule has 2 aliphatic heterocycles. The number of imidazole rings is 1. The summed E-state index contributed by atoms with van der Waals surface area (Å²) in [7, 11) is 0. The second-order valence-electron chi connectivity index (χ2n) is 21.1. The quantitative estimate of drug-likeness (QED) is 0.107. The van der Waals surface area contributed by atoms with Crippen molar-refractivity contribution in [1.29, 1.82) is 0 Å². The first-order valence-electron chi connectivity index (χ1n) is 31.4. The second-order valence-corrected chi connectivity index (χ2v) is 22.2. The van der Waals surface area contributed by atoms with Crippen LogP contribution in [0.1, 0.15) is 69.1 Å². The monoisotopic (exact) mass is 1190 g/mol. The Morgan fingerprint density at radius 3 is 1.97 bits per heavy atom. The number of hydrogen-bond donors (Lipinski definition) is 0. The number of anilines is 4. The van der Waals surface area contributed by atoms with Crippen molar-refractivity contribution in [2.45, 2.75) is 53.3 Å². The zero-order valence-electron chi connectivity index (χ0n) is 55.0. The van der Waals surface area contributed by atoms with E-state index >= 15 is 0 Å². The summed E-state index contributed by atoms with van der Waals surface area (Å²) in [4.78, 5) is 9.84. The molecule has 0 saturated carbocycles. The predicted octanol–water partition coefficient (Wildman–Crippen LogP) is 16.8. The van der Waals surface area contributed by atoms with Crippen LogP contribution in [0.15, 0.2) is 218 Å². The van der Waals surface area contributed by atoms with Crippen LogP contribution in [0, 0.1) is 21.4 Å². The summed E-state index contributed by atoms with van der Waals surface area (Å²) >= 11 is 2.22. The van der Waals surface area contributed by atoms with Crippen molar-refractivity contribution in [3.8, 4) is 67.5 Å². The van der Waals surface area contributed by atoms with Gasteiger partial charge in [-0.3, -0.25) is 0 Å². The summed E-state index contributed by atoms with van der Waals surface area (Å²) < 4.78 is 122. The number of para-hydroxylation sites is 4. The fourth-order valence-corrected chi connectivity index (χ4v) is 11.9. The average Bonchev–Trinajstić information content (AvgIpc) is 1.63. The topological polar surface area (TPSA) is 38.5 Å². The molecule has 0 aliphatic carbocycles. The van der Waals surface area contributed by atoms with E-state index in [0.717, 1.165) is 33.7 Å². The van der Waals surface area contributed by atoms with Crippen molar-refractivity contribution in [2.75, 3.05) is 9.62 Å². The molecule has 0 unspecified atom stereocenters. The van der Waals surface area contributed by atoms with Crippen LogP contribution < -0.4 is 19.8 Å². The predicted molar refractivity (Wildman–Crippen MR) is 314 cm³/mol. The number of pyridine rings is 1. The van der Waals surface area contributed by atoms with Gasteiger partial charge in [0, 0.05) is 11.3 Å². The fourth-order valence-electron chi connectivity index (χ4n) is 10.8. The van der Waals surface area contributed by atoms with Crippen LogP contribution in [0.2, 0.25) is 0 Å². The zero-order chi connectivity index (χ0) is 63.1. The van der Waals surface area contributed by atoms with Crippen LogP contribution in [0.4, 0.5) is 22.9 Å². The second kappa shape index (κ2) is 19.1. The molecule has 0 amide bonds. The van der Waals surface area contributed by atoms with Crippen molar-refractivity contribution in [1.82, 2.24) is 14.1 Å².